The molecule has 5 aromatic carbocycles. The second-order valence-electron chi connectivity index (χ2n) is 29.2. The van der Waals surface area contributed by atoms with Gasteiger partial charge in [0.15, 0.2) is 0 Å². The van der Waals surface area contributed by atoms with Crippen LogP contribution in [0.4, 0.5) is 8.78 Å². The number of nitriles is 2. The van der Waals surface area contributed by atoms with Gasteiger partial charge < -0.3 is 0 Å². The van der Waals surface area contributed by atoms with Crippen molar-refractivity contribution in [2.45, 2.75) is 256 Å². The van der Waals surface area contributed by atoms with Crippen molar-refractivity contribution in [2.24, 2.45) is 76.9 Å². The molecule has 0 N–H and O–H groups in total. The summed E-state index contributed by atoms with van der Waals surface area (Å²) < 4.78 is 24.3. The molecule has 11 aliphatic carbocycles. The van der Waals surface area contributed by atoms with Crippen molar-refractivity contribution in [1.82, 2.24) is 0 Å². The second kappa shape index (κ2) is 40.6. The third-order valence-electron chi connectivity index (χ3n) is 21.5. The molecule has 0 unspecified atom stereocenters. The molecule has 0 saturated heterocycles. The fourth-order valence-corrected chi connectivity index (χ4v) is 16.9. The first kappa shape index (κ1) is 73.7. The van der Waals surface area contributed by atoms with Gasteiger partial charge in [-0.3, -0.25) is 0 Å². The summed E-state index contributed by atoms with van der Waals surface area (Å²) in [5.41, 5.74) is 9.89. The Morgan fingerprint density at radius 1 is 0.352 bits per heavy atom. The van der Waals surface area contributed by atoms with Crippen LogP contribution < -0.4 is 0 Å². The molecule has 16 rings (SSSR count). The van der Waals surface area contributed by atoms with Crippen LogP contribution in [0.3, 0.4) is 0 Å². The second-order valence-corrected chi connectivity index (χ2v) is 29.2. The van der Waals surface area contributed by atoms with Crippen molar-refractivity contribution < 1.29 is 8.78 Å². The maximum atomic E-state index is 12.2. The summed E-state index contributed by atoms with van der Waals surface area (Å²) in [6.45, 7) is 26.0. The first-order chi connectivity index (χ1) is 42.4. The van der Waals surface area contributed by atoms with Gasteiger partial charge in [0.05, 0.1) is 23.3 Å². The number of aryl methyl sites for hydroxylation is 7. The largest absolute Gasteiger partial charge is 0.207 e. The molecule has 88 heavy (non-hydrogen) atoms. The van der Waals surface area contributed by atoms with E-state index in [1.165, 1.54) is 156 Å². The maximum absolute atomic E-state index is 12.2. The van der Waals surface area contributed by atoms with E-state index in [0.29, 0.717) is 0 Å². The van der Waals surface area contributed by atoms with Gasteiger partial charge >= 0.3 is 0 Å². The van der Waals surface area contributed by atoms with Crippen LogP contribution in [0.5, 0.6) is 0 Å². The molecule has 482 valence electrons. The van der Waals surface area contributed by atoms with E-state index in [9.17, 15) is 8.78 Å². The van der Waals surface area contributed by atoms with E-state index >= 15 is 0 Å². The molecular weight excluding hydrogens is 1070 g/mol. The van der Waals surface area contributed by atoms with Crippen LogP contribution in [-0.4, -0.2) is 0 Å². The van der Waals surface area contributed by atoms with E-state index in [1.54, 1.807) is 88.5 Å². The minimum atomic E-state index is -0.171. The fraction of sp³-hybridized carbons (Fsp3) is 0.619. The summed E-state index contributed by atoms with van der Waals surface area (Å²) in [4.78, 5) is 0. The van der Waals surface area contributed by atoms with Gasteiger partial charge in [-0.25, -0.2) is 8.78 Å². The number of benzene rings is 5. The molecule has 2 nitrogen and oxygen atoms in total. The molecule has 0 aromatic heterocycles. The van der Waals surface area contributed by atoms with Crippen LogP contribution >= 0.6 is 0 Å². The van der Waals surface area contributed by atoms with Crippen LogP contribution in [0.25, 0.3) is 0 Å². The molecule has 0 spiro atoms. The minimum absolute atomic E-state index is 0.162. The fourth-order valence-electron chi connectivity index (χ4n) is 16.9. The van der Waals surface area contributed by atoms with Crippen LogP contribution in [0.15, 0.2) is 115 Å². The van der Waals surface area contributed by atoms with Crippen molar-refractivity contribution in [1.29, 1.82) is 10.5 Å². The molecule has 0 aliphatic heterocycles. The van der Waals surface area contributed by atoms with E-state index in [4.69, 9.17) is 10.5 Å². The zero-order valence-corrected chi connectivity index (χ0v) is 57.7. The highest BCUT2D eigenvalue weighted by atomic mass is 19.1. The molecule has 0 amide bonds. The Morgan fingerprint density at radius 2 is 0.727 bits per heavy atom. The van der Waals surface area contributed by atoms with E-state index < -0.39 is 0 Å². The molecule has 0 heterocycles. The van der Waals surface area contributed by atoms with Gasteiger partial charge in [0, 0.05) is 0 Å². The minimum Gasteiger partial charge on any atom is -0.207 e. The lowest BCUT2D eigenvalue weighted by atomic mass is 9.51. The summed E-state index contributed by atoms with van der Waals surface area (Å²) in [5, 5.41) is 16.8. The van der Waals surface area contributed by atoms with E-state index in [0.717, 1.165) is 105 Å². The molecule has 8 bridgehead atoms. The van der Waals surface area contributed by atoms with Gasteiger partial charge in [-0.1, -0.05) is 238 Å². The van der Waals surface area contributed by atoms with Crippen LogP contribution in [-0.2, 0) is 0 Å². The Bertz CT molecular complexity index is 2600. The number of hydrogen-bond donors (Lipinski definition) is 0. The normalized spacial score (nSPS) is 25.6. The molecule has 11 fully saturated rings. The predicted molar refractivity (Wildman–Crippen MR) is 373 cm³/mol. The molecule has 4 heteroatoms. The highest BCUT2D eigenvalue weighted by molar-refractivity contribution is 5.32. The highest BCUT2D eigenvalue weighted by Gasteiger charge is 2.47. The average molecular weight is 1200 g/mol. The van der Waals surface area contributed by atoms with Gasteiger partial charge in [0.2, 0.25) is 0 Å². The Kier molecular flexibility index (Phi) is 34.0. The highest BCUT2D eigenvalue weighted by Crippen LogP contribution is 2.58. The summed E-state index contributed by atoms with van der Waals surface area (Å²) in [7, 11) is 0. The first-order valence-corrected chi connectivity index (χ1v) is 35.8. The SMILES string of the molecule is CC1C2CC3CC(C2)CC1C3.CC1CCCCC1.CCC1C2CC3CC(C2)CC1C3.CCC1CCCC1.CCC1CCCCC1.Cc1cc(C)cc(C)c1.Cc1ccc(C#N)cc1.Cc1ccc(F)cc1.Cc1cccc(C#N)c1.Cc1cccc(F)c1. The summed E-state index contributed by atoms with van der Waals surface area (Å²) >= 11 is 0. The van der Waals surface area contributed by atoms with E-state index in [2.05, 4.69) is 85.7 Å². The standard InChI is InChI=1S/C12H20.C11H18.C9H12.2C8H7N.C8H16.2C7H7F.2C7H14/c1-2-12-10-4-8-3-9(6-10)7-11(12)5-8;1-7-10-3-8-2-9(5-10)6-11(7)4-8;1-7-4-8(2)6-9(3)5-7;1-7-2-4-8(6-9)5-3-7;1-7-3-2-4-8(5-7)6-9;1-2-8-6-4-3-5-7-8;1-6-2-4-7(8)5-3-6;1-6-3-2-4-7(8)5-6;1-7-5-3-2-4-6-7;1-2-7-5-3-4-6-7/h8-12H,2-7H2,1H3;7-11H,2-6H2,1H3;4-6H,1-3H3;2*2-5H,1H3;8H,2-7H2,1H3;2*2-5H,1H3;2*7H,2-6H2,1H3. The molecule has 5 aromatic rings. The zero-order chi connectivity index (χ0) is 63.8. The van der Waals surface area contributed by atoms with Gasteiger partial charge in [-0.05, 0) is 249 Å². The van der Waals surface area contributed by atoms with Crippen LogP contribution in [0.1, 0.15) is 258 Å². The Balaban J connectivity index is 0.000000179. The van der Waals surface area contributed by atoms with Gasteiger partial charge in [-0.2, -0.15) is 10.5 Å². The number of rotatable bonds is 3. The summed E-state index contributed by atoms with van der Waals surface area (Å²) in [6.07, 6.45) is 41.2. The Morgan fingerprint density at radius 3 is 1.03 bits per heavy atom. The lowest BCUT2D eigenvalue weighted by Gasteiger charge is -2.54. The monoisotopic (exact) mass is 1200 g/mol. The van der Waals surface area contributed by atoms with Crippen molar-refractivity contribution >= 4 is 0 Å². The van der Waals surface area contributed by atoms with Gasteiger partial charge in [-0.15, -0.1) is 0 Å². The smallest absolute Gasteiger partial charge is 0.123 e. The molecule has 0 radical (unpaired) electrons. The third-order valence-corrected chi connectivity index (χ3v) is 21.5. The quantitative estimate of drug-likeness (QED) is 0.181. The van der Waals surface area contributed by atoms with Crippen LogP contribution in [0, 0.1) is 160 Å². The molecule has 11 saturated carbocycles. The topological polar surface area (TPSA) is 47.6 Å². The van der Waals surface area contributed by atoms with Gasteiger partial charge in [0.25, 0.3) is 0 Å². The predicted octanol–water partition coefficient (Wildman–Crippen LogP) is 25.3. The van der Waals surface area contributed by atoms with Crippen molar-refractivity contribution in [3.8, 4) is 12.1 Å². The van der Waals surface area contributed by atoms with Crippen molar-refractivity contribution in [3.63, 3.8) is 0 Å². The average Bonchev–Trinajstić information content (AvgIpc) is 1.17. The maximum Gasteiger partial charge on any atom is 0.123 e. The molecule has 11 aliphatic rings. The van der Waals surface area contributed by atoms with Gasteiger partial charge in [0.1, 0.15) is 11.6 Å². The first-order valence-electron chi connectivity index (χ1n) is 35.8. The van der Waals surface area contributed by atoms with Crippen molar-refractivity contribution in [2.75, 3.05) is 0 Å². The lowest BCUT2D eigenvalue weighted by Crippen LogP contribution is -2.44. The molecule has 0 atom stereocenters. The Labute approximate surface area is 538 Å². The zero-order valence-electron chi connectivity index (χ0n) is 57.7. The van der Waals surface area contributed by atoms with E-state index in [-0.39, 0.29) is 11.6 Å². The number of halogens is 2. The third kappa shape index (κ3) is 28.0. The molecular formula is C84H122F2N2. The Hall–Kier alpha value is -5.06. The van der Waals surface area contributed by atoms with E-state index in [1.807, 2.05) is 76.2 Å². The summed E-state index contributed by atoms with van der Waals surface area (Å²) in [6, 6.07) is 38.6. The number of nitrogens with zero attached hydrogens (tertiary/aromatic N) is 2. The van der Waals surface area contributed by atoms with Crippen LogP contribution in [0.2, 0.25) is 0 Å². The summed E-state index contributed by atoms with van der Waals surface area (Å²) in [5.74, 6) is 14.4. The lowest BCUT2D eigenvalue weighted by molar-refractivity contribution is -0.0376. The number of hydrogen-bond acceptors (Lipinski definition) is 2. The van der Waals surface area contributed by atoms with Crippen molar-refractivity contribution in [3.05, 3.63) is 177 Å².